The number of fused-ring (bicyclic) bond motifs is 1. The topological polar surface area (TPSA) is 92.2 Å². The summed E-state index contributed by atoms with van der Waals surface area (Å²) in [5, 5.41) is 0. The first kappa shape index (κ1) is 20.9. The summed E-state index contributed by atoms with van der Waals surface area (Å²) >= 11 is 1.68. The zero-order chi connectivity index (χ0) is 20.1. The van der Waals surface area contributed by atoms with E-state index in [1.807, 2.05) is 6.92 Å². The van der Waals surface area contributed by atoms with Crippen LogP contribution in [0.25, 0.3) is 0 Å². The maximum absolute atomic E-state index is 12.9. The molecule has 0 bridgehead atoms. The van der Waals surface area contributed by atoms with Gasteiger partial charge in [0.15, 0.2) is 0 Å². The molecule has 152 valence electrons. The average molecular weight is 424 g/mol. The molecule has 0 saturated heterocycles. The van der Waals surface area contributed by atoms with Crippen LogP contribution in [-0.2, 0) is 28.7 Å². The van der Waals surface area contributed by atoms with Crippen LogP contribution in [-0.4, -0.2) is 41.1 Å². The zero-order valence-corrected chi connectivity index (χ0v) is 17.5. The third-order valence-corrected chi connectivity index (χ3v) is 7.69. The molecule has 1 aliphatic rings. The number of sulfonamides is 1. The van der Waals surface area contributed by atoms with E-state index in [-0.39, 0.29) is 10.5 Å². The normalized spacial score (nSPS) is 14.2. The van der Waals surface area contributed by atoms with Crippen LogP contribution < -0.4 is 11.2 Å². The first-order chi connectivity index (χ1) is 13.4. The van der Waals surface area contributed by atoms with Gasteiger partial charge in [-0.05, 0) is 37.1 Å². The molecule has 0 spiro atoms. The Balaban J connectivity index is 1.78. The summed E-state index contributed by atoms with van der Waals surface area (Å²) in [5.41, 5.74) is 0.741. The predicted molar refractivity (Wildman–Crippen MR) is 111 cm³/mol. The van der Waals surface area contributed by atoms with Gasteiger partial charge in [0.25, 0.3) is 5.56 Å². The van der Waals surface area contributed by atoms with Crippen LogP contribution in [0.1, 0.15) is 31.0 Å². The van der Waals surface area contributed by atoms with Gasteiger partial charge in [-0.25, -0.2) is 13.2 Å². The van der Waals surface area contributed by atoms with Crippen molar-refractivity contribution in [1.29, 1.82) is 0 Å². The van der Waals surface area contributed by atoms with E-state index in [4.69, 9.17) is 0 Å². The molecule has 0 unspecified atom stereocenters. The second-order valence-corrected chi connectivity index (χ2v) is 9.75. The Morgan fingerprint density at radius 3 is 2.64 bits per heavy atom. The highest BCUT2D eigenvalue weighted by Crippen LogP contribution is 2.21. The highest BCUT2D eigenvalue weighted by atomic mass is 32.2. The molecule has 7 nitrogen and oxygen atoms in total. The Morgan fingerprint density at radius 1 is 1.18 bits per heavy atom. The van der Waals surface area contributed by atoms with Crippen molar-refractivity contribution in [2.24, 2.45) is 0 Å². The van der Waals surface area contributed by atoms with Crippen LogP contribution in [0.2, 0.25) is 0 Å². The number of nitrogens with one attached hydrogen (secondary N) is 1. The van der Waals surface area contributed by atoms with Crippen molar-refractivity contribution in [2.75, 3.05) is 18.8 Å². The molecular formula is C19H25N3O4S2. The van der Waals surface area contributed by atoms with E-state index in [2.05, 4.69) is 4.98 Å². The summed E-state index contributed by atoms with van der Waals surface area (Å²) in [6.45, 7) is 3.06. The smallest absolute Gasteiger partial charge is 0.297 e. The fourth-order valence-corrected chi connectivity index (χ4v) is 5.99. The molecule has 1 aliphatic heterocycles. The van der Waals surface area contributed by atoms with Crippen LogP contribution in [0.15, 0.2) is 44.8 Å². The lowest BCUT2D eigenvalue weighted by molar-refractivity contribution is 0.389. The number of thioether (sulfide) groups is 1. The molecule has 1 aromatic carbocycles. The van der Waals surface area contributed by atoms with Crippen molar-refractivity contribution in [2.45, 2.75) is 43.4 Å². The van der Waals surface area contributed by atoms with E-state index >= 15 is 0 Å². The van der Waals surface area contributed by atoms with E-state index in [0.29, 0.717) is 50.2 Å². The van der Waals surface area contributed by atoms with Crippen molar-refractivity contribution in [3.05, 3.63) is 62.4 Å². The zero-order valence-electron chi connectivity index (χ0n) is 15.9. The molecule has 2 heterocycles. The first-order valence-electron chi connectivity index (χ1n) is 9.43. The standard InChI is InChI=1S/C19H25N3O4S2/c1-2-10-21(28(25,26)15-7-4-3-5-8-15)11-6-12-22-17-9-13-27-14-16(17)18(23)20-19(22)24/h3-5,7-8H,2,6,9-14H2,1H3,(H,20,23,24). The Bertz CT molecular complexity index is 1030. The molecule has 28 heavy (non-hydrogen) atoms. The van der Waals surface area contributed by atoms with Gasteiger partial charge in [-0.1, -0.05) is 25.1 Å². The molecule has 1 N–H and O–H groups in total. The van der Waals surface area contributed by atoms with Crippen LogP contribution >= 0.6 is 11.8 Å². The van der Waals surface area contributed by atoms with Crippen molar-refractivity contribution in [3.8, 4) is 0 Å². The lowest BCUT2D eigenvalue weighted by atomic mass is 10.2. The number of aromatic amines is 1. The van der Waals surface area contributed by atoms with Gasteiger partial charge in [0.2, 0.25) is 10.0 Å². The van der Waals surface area contributed by atoms with Crippen molar-refractivity contribution < 1.29 is 8.42 Å². The summed E-state index contributed by atoms with van der Waals surface area (Å²) in [7, 11) is -3.57. The number of hydrogen-bond donors (Lipinski definition) is 1. The summed E-state index contributed by atoms with van der Waals surface area (Å²) in [4.78, 5) is 27.0. The van der Waals surface area contributed by atoms with Crippen LogP contribution in [0, 0.1) is 0 Å². The van der Waals surface area contributed by atoms with Gasteiger partial charge in [0.1, 0.15) is 0 Å². The Hall–Kier alpha value is -1.84. The van der Waals surface area contributed by atoms with Crippen molar-refractivity contribution >= 4 is 21.8 Å². The first-order valence-corrected chi connectivity index (χ1v) is 12.0. The van der Waals surface area contributed by atoms with Crippen molar-refractivity contribution in [3.63, 3.8) is 0 Å². The highest BCUT2D eigenvalue weighted by molar-refractivity contribution is 7.98. The van der Waals surface area contributed by atoms with Gasteiger partial charge in [0.05, 0.1) is 4.90 Å². The molecule has 0 aliphatic carbocycles. The fourth-order valence-electron chi connectivity index (χ4n) is 3.42. The summed E-state index contributed by atoms with van der Waals surface area (Å²) in [6.07, 6.45) is 1.88. The van der Waals surface area contributed by atoms with E-state index in [0.717, 1.165) is 11.4 Å². The molecule has 0 radical (unpaired) electrons. The van der Waals surface area contributed by atoms with Gasteiger partial charge >= 0.3 is 5.69 Å². The highest BCUT2D eigenvalue weighted by Gasteiger charge is 2.24. The minimum atomic E-state index is -3.57. The lowest BCUT2D eigenvalue weighted by Crippen LogP contribution is -2.38. The second kappa shape index (κ2) is 9.11. The molecule has 9 heteroatoms. The minimum absolute atomic E-state index is 0.277. The van der Waals surface area contributed by atoms with E-state index in [1.165, 1.54) is 4.31 Å². The SMILES string of the molecule is CCCN(CCCn1c2c(c(=O)[nH]c1=O)CSCC2)S(=O)(=O)c1ccccc1. The maximum Gasteiger partial charge on any atom is 0.328 e. The molecule has 0 saturated carbocycles. The Kier molecular flexibility index (Phi) is 6.79. The van der Waals surface area contributed by atoms with Crippen molar-refractivity contribution in [1.82, 2.24) is 13.9 Å². The van der Waals surface area contributed by atoms with Crippen LogP contribution in [0.5, 0.6) is 0 Å². The Morgan fingerprint density at radius 2 is 1.93 bits per heavy atom. The quantitative estimate of drug-likeness (QED) is 0.699. The maximum atomic E-state index is 12.9. The summed E-state index contributed by atoms with van der Waals surface area (Å²) in [5.74, 6) is 1.48. The second-order valence-electron chi connectivity index (χ2n) is 6.71. The van der Waals surface area contributed by atoms with Gasteiger partial charge in [-0.15, -0.1) is 0 Å². The molecule has 3 rings (SSSR count). The molecule has 0 atom stereocenters. The van der Waals surface area contributed by atoms with Gasteiger partial charge in [0, 0.05) is 36.6 Å². The number of benzene rings is 1. The summed E-state index contributed by atoms with van der Waals surface area (Å²) in [6, 6.07) is 8.40. The molecular weight excluding hydrogens is 398 g/mol. The molecule has 1 aromatic heterocycles. The van der Waals surface area contributed by atoms with Gasteiger partial charge < -0.3 is 0 Å². The third kappa shape index (κ3) is 4.42. The summed E-state index contributed by atoms with van der Waals surface area (Å²) < 4.78 is 28.9. The average Bonchev–Trinajstić information content (AvgIpc) is 2.70. The van der Waals surface area contributed by atoms with E-state index in [1.54, 1.807) is 46.7 Å². The van der Waals surface area contributed by atoms with Crippen LogP contribution in [0.4, 0.5) is 0 Å². The van der Waals surface area contributed by atoms with E-state index < -0.39 is 15.7 Å². The number of nitrogens with zero attached hydrogens (tertiary/aromatic N) is 2. The number of hydrogen-bond acceptors (Lipinski definition) is 5. The minimum Gasteiger partial charge on any atom is -0.297 e. The molecule has 2 aromatic rings. The third-order valence-electron chi connectivity index (χ3n) is 4.79. The number of aromatic nitrogens is 2. The number of rotatable bonds is 8. The Labute approximate surface area is 168 Å². The molecule has 0 fully saturated rings. The van der Waals surface area contributed by atoms with Gasteiger partial charge in [-0.2, -0.15) is 16.1 Å². The largest absolute Gasteiger partial charge is 0.328 e. The molecule has 0 amide bonds. The van der Waals surface area contributed by atoms with E-state index in [9.17, 15) is 18.0 Å². The lowest BCUT2D eigenvalue weighted by Gasteiger charge is -2.23. The number of H-pyrrole nitrogens is 1. The fraction of sp³-hybridized carbons (Fsp3) is 0.474. The predicted octanol–water partition coefficient (Wildman–Crippen LogP) is 1.82. The monoisotopic (exact) mass is 423 g/mol. The van der Waals surface area contributed by atoms with Gasteiger partial charge in [-0.3, -0.25) is 14.3 Å². The van der Waals surface area contributed by atoms with Crippen LogP contribution in [0.3, 0.4) is 0 Å².